The predicted octanol–water partition coefficient (Wildman–Crippen LogP) is 1.18. The molecule has 188 valence electrons. The number of rotatable bonds is 5. The van der Waals surface area contributed by atoms with Crippen LogP contribution in [0.4, 0.5) is 8.78 Å². The van der Waals surface area contributed by atoms with E-state index < -0.39 is 12.3 Å². The molecule has 33 heavy (non-hydrogen) atoms. The van der Waals surface area contributed by atoms with Gasteiger partial charge in [-0.3, -0.25) is 14.5 Å². The van der Waals surface area contributed by atoms with Crippen molar-refractivity contribution < 1.29 is 18.4 Å². The minimum Gasteiger partial charge on any atom is -0.352 e. The smallest absolute Gasteiger partial charge is 0.237 e. The van der Waals surface area contributed by atoms with Crippen molar-refractivity contribution in [3.8, 4) is 0 Å². The van der Waals surface area contributed by atoms with Gasteiger partial charge in [-0.05, 0) is 58.5 Å². The highest BCUT2D eigenvalue weighted by Crippen LogP contribution is 2.38. The van der Waals surface area contributed by atoms with Gasteiger partial charge in [-0.2, -0.15) is 0 Å². The minimum atomic E-state index is -0.947. The molecule has 0 spiro atoms. The molecule has 8 unspecified atom stereocenters. The highest BCUT2D eigenvalue weighted by molar-refractivity contribution is 5.82. The zero-order valence-corrected chi connectivity index (χ0v) is 20.3. The molecule has 2 amide bonds. The maximum absolute atomic E-state index is 14.6. The maximum Gasteiger partial charge on any atom is 0.237 e. The van der Waals surface area contributed by atoms with E-state index in [1.165, 1.54) is 0 Å². The molecule has 0 bridgehead atoms. The van der Waals surface area contributed by atoms with Crippen LogP contribution < -0.4 is 10.6 Å². The summed E-state index contributed by atoms with van der Waals surface area (Å²) in [4.78, 5) is 31.3. The first-order valence-electron chi connectivity index (χ1n) is 12.7. The highest BCUT2D eigenvalue weighted by Gasteiger charge is 2.46. The van der Waals surface area contributed by atoms with Crippen LogP contribution in [-0.2, 0) is 9.59 Å². The number of hydrogen-bond donors (Lipinski definition) is 2. The summed E-state index contributed by atoms with van der Waals surface area (Å²) in [5, 5.41) is 6.47. The van der Waals surface area contributed by atoms with Gasteiger partial charge in [-0.1, -0.05) is 6.92 Å². The molecule has 9 heteroatoms. The fourth-order valence-electron chi connectivity index (χ4n) is 6.45. The Morgan fingerprint density at radius 2 is 1.76 bits per heavy atom. The monoisotopic (exact) mass is 469 g/mol. The van der Waals surface area contributed by atoms with Crippen LogP contribution in [0.3, 0.4) is 0 Å². The summed E-state index contributed by atoms with van der Waals surface area (Å²) >= 11 is 0. The van der Waals surface area contributed by atoms with Gasteiger partial charge >= 0.3 is 0 Å². The molecule has 0 aromatic carbocycles. The third-order valence-corrected chi connectivity index (χ3v) is 8.26. The Morgan fingerprint density at radius 1 is 1.03 bits per heavy atom. The molecule has 4 aliphatic rings. The number of piperazine rings is 1. The SMILES string of the molecule is CC1CCC(F)C2CC(C(=O)NC3CC(F)CC(N4CCN(C(=O)CN(C)C)CC4)C3)NC12. The molecule has 2 aliphatic carbocycles. The molecule has 0 aromatic rings. The van der Waals surface area contributed by atoms with Gasteiger partial charge in [0.25, 0.3) is 0 Å². The van der Waals surface area contributed by atoms with Crippen LogP contribution in [0.5, 0.6) is 0 Å². The van der Waals surface area contributed by atoms with Gasteiger partial charge in [-0.25, -0.2) is 8.78 Å². The lowest BCUT2D eigenvalue weighted by atomic mass is 9.77. The van der Waals surface area contributed by atoms with Crippen molar-refractivity contribution in [2.24, 2.45) is 11.8 Å². The second-order valence-corrected chi connectivity index (χ2v) is 11.0. The van der Waals surface area contributed by atoms with Crippen LogP contribution in [0.15, 0.2) is 0 Å². The fourth-order valence-corrected chi connectivity index (χ4v) is 6.45. The Hall–Kier alpha value is -1.32. The number of halogens is 2. The summed E-state index contributed by atoms with van der Waals surface area (Å²) in [6, 6.07) is -0.463. The zero-order chi connectivity index (χ0) is 23.7. The first kappa shape index (κ1) is 24.8. The van der Waals surface area contributed by atoms with Crippen molar-refractivity contribution in [3.63, 3.8) is 0 Å². The number of nitrogens with zero attached hydrogens (tertiary/aromatic N) is 3. The molecule has 2 saturated heterocycles. The second-order valence-electron chi connectivity index (χ2n) is 11.0. The first-order valence-corrected chi connectivity index (χ1v) is 12.7. The van der Waals surface area contributed by atoms with E-state index in [9.17, 15) is 18.4 Å². The van der Waals surface area contributed by atoms with Crippen LogP contribution in [0.1, 0.15) is 45.4 Å². The number of carbonyl (C=O) groups is 2. The van der Waals surface area contributed by atoms with Gasteiger partial charge in [0.05, 0.1) is 12.6 Å². The van der Waals surface area contributed by atoms with E-state index in [1.54, 1.807) is 0 Å². The lowest BCUT2D eigenvalue weighted by Crippen LogP contribution is -2.57. The molecule has 2 saturated carbocycles. The predicted molar refractivity (Wildman–Crippen MR) is 123 cm³/mol. The van der Waals surface area contributed by atoms with Crippen LogP contribution in [0.25, 0.3) is 0 Å². The number of nitrogens with one attached hydrogen (secondary N) is 2. The van der Waals surface area contributed by atoms with Crippen LogP contribution in [0, 0.1) is 11.8 Å². The van der Waals surface area contributed by atoms with E-state index in [1.807, 2.05) is 23.9 Å². The van der Waals surface area contributed by atoms with Crippen LogP contribution in [0.2, 0.25) is 0 Å². The van der Waals surface area contributed by atoms with E-state index in [4.69, 9.17) is 0 Å². The molecule has 0 radical (unpaired) electrons. The quantitative estimate of drug-likeness (QED) is 0.633. The van der Waals surface area contributed by atoms with Crippen molar-refractivity contribution in [1.82, 2.24) is 25.3 Å². The molecule has 4 fully saturated rings. The molecule has 2 aliphatic heterocycles. The van der Waals surface area contributed by atoms with E-state index in [0.717, 1.165) is 25.9 Å². The largest absolute Gasteiger partial charge is 0.352 e. The van der Waals surface area contributed by atoms with Gasteiger partial charge in [0.1, 0.15) is 12.3 Å². The summed E-state index contributed by atoms with van der Waals surface area (Å²) in [5.41, 5.74) is 0. The summed E-state index contributed by atoms with van der Waals surface area (Å²) in [6.45, 7) is 5.33. The average molecular weight is 470 g/mol. The summed E-state index contributed by atoms with van der Waals surface area (Å²) < 4.78 is 29.0. The summed E-state index contributed by atoms with van der Waals surface area (Å²) in [6.07, 6.45) is 1.72. The van der Waals surface area contributed by atoms with Crippen molar-refractivity contribution in [2.45, 2.75) is 82.0 Å². The van der Waals surface area contributed by atoms with Gasteiger partial charge in [0.15, 0.2) is 0 Å². The Kier molecular flexibility index (Phi) is 7.91. The van der Waals surface area contributed by atoms with Crippen LogP contribution >= 0.6 is 0 Å². The molecule has 4 rings (SSSR count). The van der Waals surface area contributed by atoms with Gasteiger partial charge in [-0.15, -0.1) is 0 Å². The Morgan fingerprint density at radius 3 is 2.42 bits per heavy atom. The van der Waals surface area contributed by atoms with E-state index >= 15 is 0 Å². The molecule has 0 aromatic heterocycles. The lowest BCUT2D eigenvalue weighted by Gasteiger charge is -2.43. The van der Waals surface area contributed by atoms with Gasteiger partial charge < -0.3 is 20.4 Å². The maximum atomic E-state index is 14.6. The Labute approximate surface area is 196 Å². The highest BCUT2D eigenvalue weighted by atomic mass is 19.1. The van der Waals surface area contributed by atoms with Crippen molar-refractivity contribution in [2.75, 3.05) is 46.8 Å². The standard InChI is InChI=1S/C24H41F2N5O2/c1-15-4-5-20(26)19-13-21(28-23(15)19)24(33)27-17-10-16(25)11-18(12-17)30-6-8-31(9-7-30)22(32)14-29(2)3/h15-21,23,28H,4-14H2,1-3H3,(H,27,33). The normalized spacial score (nSPS) is 40.0. The van der Waals surface area contributed by atoms with E-state index in [-0.39, 0.29) is 41.9 Å². The molecule has 2 N–H and O–H groups in total. The number of fused-ring (bicyclic) bond motifs is 1. The molecule has 8 atom stereocenters. The van der Waals surface area contributed by atoms with Gasteiger partial charge in [0.2, 0.25) is 11.8 Å². The molecule has 7 nitrogen and oxygen atoms in total. The average Bonchev–Trinajstić information content (AvgIpc) is 3.23. The van der Waals surface area contributed by atoms with Gasteiger partial charge in [0, 0.05) is 50.2 Å². The Balaban J connectivity index is 1.28. The number of alkyl halides is 2. The van der Waals surface area contributed by atoms with Crippen molar-refractivity contribution in [3.05, 3.63) is 0 Å². The topological polar surface area (TPSA) is 67.9 Å². The van der Waals surface area contributed by atoms with E-state index in [0.29, 0.717) is 51.2 Å². The fraction of sp³-hybridized carbons (Fsp3) is 0.917. The molecular formula is C24H41F2N5O2. The Bertz CT molecular complexity index is 684. The third-order valence-electron chi connectivity index (χ3n) is 8.26. The minimum absolute atomic E-state index is 0.0593. The third kappa shape index (κ3) is 5.85. The first-order chi connectivity index (χ1) is 15.7. The van der Waals surface area contributed by atoms with Crippen molar-refractivity contribution >= 4 is 11.8 Å². The molecular weight excluding hydrogens is 428 g/mol. The number of amides is 2. The lowest BCUT2D eigenvalue weighted by molar-refractivity contribution is -0.134. The van der Waals surface area contributed by atoms with Crippen LogP contribution in [-0.4, -0.2) is 110 Å². The van der Waals surface area contributed by atoms with Crippen molar-refractivity contribution in [1.29, 1.82) is 0 Å². The zero-order valence-electron chi connectivity index (χ0n) is 20.3. The number of likely N-dealkylation sites (N-methyl/N-ethyl adjacent to an activating group) is 1. The summed E-state index contributed by atoms with van der Waals surface area (Å²) in [5.74, 6) is 0.299. The number of hydrogen-bond acceptors (Lipinski definition) is 5. The number of carbonyl (C=O) groups excluding carboxylic acids is 2. The molecule has 2 heterocycles. The van der Waals surface area contributed by atoms with E-state index in [2.05, 4.69) is 22.5 Å². The second kappa shape index (κ2) is 10.5. The summed E-state index contributed by atoms with van der Waals surface area (Å²) in [7, 11) is 3.77.